The van der Waals surface area contributed by atoms with Crippen LogP contribution in [0.3, 0.4) is 0 Å². The number of nitrogens with zero attached hydrogens (tertiary/aromatic N) is 2. The van der Waals surface area contributed by atoms with Gasteiger partial charge in [-0.2, -0.15) is 0 Å². The minimum absolute atomic E-state index is 0.0501. The zero-order valence-electron chi connectivity index (χ0n) is 8.47. The van der Waals surface area contributed by atoms with Crippen molar-refractivity contribution >= 4 is 6.09 Å². The highest BCUT2D eigenvalue weighted by Crippen LogP contribution is 2.21. The molecule has 0 aromatic rings. The lowest BCUT2D eigenvalue weighted by Crippen LogP contribution is -2.50. The lowest BCUT2D eigenvalue weighted by Gasteiger charge is -2.39. The van der Waals surface area contributed by atoms with Crippen LogP contribution in [-0.2, 0) is 0 Å². The van der Waals surface area contributed by atoms with Crippen LogP contribution in [0.2, 0.25) is 0 Å². The number of rotatable bonds is 1. The Bertz CT molecular complexity index is 289. The second-order valence-electron chi connectivity index (χ2n) is 3.70. The van der Waals surface area contributed by atoms with Gasteiger partial charge in [-0.1, -0.05) is 0 Å². The molecule has 2 N–H and O–H groups in total. The SMILES string of the molecule is O=C(O)N1CCCCC1N1C=CNC=C1. The van der Waals surface area contributed by atoms with Crippen molar-refractivity contribution in [3.63, 3.8) is 0 Å². The Kier molecular flexibility index (Phi) is 2.80. The Labute approximate surface area is 88.7 Å². The van der Waals surface area contributed by atoms with Gasteiger partial charge in [0.25, 0.3) is 0 Å². The van der Waals surface area contributed by atoms with Crippen LogP contribution in [-0.4, -0.2) is 33.7 Å². The molecule has 5 nitrogen and oxygen atoms in total. The molecule has 2 aliphatic heterocycles. The number of amides is 1. The van der Waals surface area contributed by atoms with Gasteiger partial charge >= 0.3 is 6.09 Å². The van der Waals surface area contributed by atoms with E-state index in [1.54, 1.807) is 12.4 Å². The van der Waals surface area contributed by atoms with E-state index >= 15 is 0 Å². The third-order valence-electron chi connectivity index (χ3n) is 2.75. The molecule has 1 unspecified atom stereocenters. The highest BCUT2D eigenvalue weighted by Gasteiger charge is 2.29. The van der Waals surface area contributed by atoms with E-state index in [0.29, 0.717) is 6.54 Å². The number of nitrogens with one attached hydrogen (secondary N) is 1. The van der Waals surface area contributed by atoms with E-state index < -0.39 is 6.09 Å². The molecule has 0 spiro atoms. The Morgan fingerprint density at radius 2 is 2.07 bits per heavy atom. The number of carboxylic acid groups (broad SMARTS) is 1. The van der Waals surface area contributed by atoms with Crippen LogP contribution < -0.4 is 5.32 Å². The van der Waals surface area contributed by atoms with Crippen LogP contribution in [0.25, 0.3) is 0 Å². The van der Waals surface area contributed by atoms with Gasteiger partial charge < -0.3 is 15.3 Å². The van der Waals surface area contributed by atoms with Gasteiger partial charge in [-0.05, 0) is 19.3 Å². The Morgan fingerprint density at radius 1 is 1.33 bits per heavy atom. The van der Waals surface area contributed by atoms with E-state index in [0.717, 1.165) is 19.3 Å². The fourth-order valence-electron chi connectivity index (χ4n) is 2.01. The molecule has 1 amide bonds. The van der Waals surface area contributed by atoms with Gasteiger partial charge in [0.2, 0.25) is 0 Å². The molecular weight excluding hydrogens is 194 g/mol. The highest BCUT2D eigenvalue weighted by molar-refractivity contribution is 5.65. The molecule has 1 atom stereocenters. The molecule has 2 heterocycles. The predicted molar refractivity (Wildman–Crippen MR) is 55.6 cm³/mol. The first kappa shape index (κ1) is 9.89. The first-order chi connectivity index (χ1) is 7.29. The van der Waals surface area contributed by atoms with Crippen LogP contribution in [0, 0.1) is 0 Å². The second-order valence-corrected chi connectivity index (χ2v) is 3.70. The average Bonchev–Trinajstić information content (AvgIpc) is 2.30. The lowest BCUT2D eigenvalue weighted by molar-refractivity contribution is 0.0617. The van der Waals surface area contributed by atoms with E-state index in [4.69, 9.17) is 5.11 Å². The molecule has 0 saturated carbocycles. The van der Waals surface area contributed by atoms with Crippen molar-refractivity contribution in [2.45, 2.75) is 25.4 Å². The summed E-state index contributed by atoms with van der Waals surface area (Å²) in [5, 5.41) is 12.0. The number of carbonyl (C=O) groups is 1. The summed E-state index contributed by atoms with van der Waals surface area (Å²) in [5.74, 6) is 0. The number of hydrogen-bond donors (Lipinski definition) is 2. The van der Waals surface area contributed by atoms with Crippen molar-refractivity contribution in [2.75, 3.05) is 6.54 Å². The van der Waals surface area contributed by atoms with Crippen LogP contribution >= 0.6 is 0 Å². The quantitative estimate of drug-likeness (QED) is 0.684. The van der Waals surface area contributed by atoms with E-state index in [2.05, 4.69) is 5.32 Å². The maximum Gasteiger partial charge on any atom is 0.408 e. The third kappa shape index (κ3) is 2.06. The van der Waals surface area contributed by atoms with Crippen molar-refractivity contribution in [3.05, 3.63) is 24.8 Å². The van der Waals surface area contributed by atoms with Gasteiger partial charge in [0.05, 0.1) is 0 Å². The van der Waals surface area contributed by atoms with Gasteiger partial charge in [0, 0.05) is 31.3 Å². The monoisotopic (exact) mass is 209 g/mol. The molecule has 0 aromatic carbocycles. The molecule has 82 valence electrons. The molecule has 1 fully saturated rings. The summed E-state index contributed by atoms with van der Waals surface area (Å²) in [5.41, 5.74) is 0. The Morgan fingerprint density at radius 3 is 2.73 bits per heavy atom. The van der Waals surface area contributed by atoms with Crippen molar-refractivity contribution in [1.82, 2.24) is 15.1 Å². The van der Waals surface area contributed by atoms with Crippen LogP contribution in [0.5, 0.6) is 0 Å². The highest BCUT2D eigenvalue weighted by atomic mass is 16.4. The van der Waals surface area contributed by atoms with Crippen molar-refractivity contribution in [1.29, 1.82) is 0 Å². The normalized spacial score (nSPS) is 25.2. The zero-order valence-corrected chi connectivity index (χ0v) is 8.47. The summed E-state index contributed by atoms with van der Waals surface area (Å²) in [7, 11) is 0. The molecule has 1 saturated heterocycles. The van der Waals surface area contributed by atoms with Crippen molar-refractivity contribution in [2.24, 2.45) is 0 Å². The van der Waals surface area contributed by atoms with E-state index in [9.17, 15) is 4.79 Å². The fraction of sp³-hybridized carbons (Fsp3) is 0.500. The summed E-state index contributed by atoms with van der Waals surface area (Å²) in [6.07, 6.45) is 9.38. The van der Waals surface area contributed by atoms with Crippen LogP contribution in [0.15, 0.2) is 24.8 Å². The third-order valence-corrected chi connectivity index (χ3v) is 2.75. The predicted octanol–water partition coefficient (Wildman–Crippen LogP) is 1.32. The molecular formula is C10H15N3O2. The molecule has 2 aliphatic rings. The smallest absolute Gasteiger partial charge is 0.408 e. The molecule has 0 bridgehead atoms. The Hall–Kier alpha value is -1.65. The second kappa shape index (κ2) is 4.25. The van der Waals surface area contributed by atoms with E-state index in [-0.39, 0.29) is 6.17 Å². The first-order valence-electron chi connectivity index (χ1n) is 5.15. The van der Waals surface area contributed by atoms with Gasteiger partial charge in [0.1, 0.15) is 6.17 Å². The number of likely N-dealkylation sites (tertiary alicyclic amines) is 1. The maximum atomic E-state index is 11.0. The minimum Gasteiger partial charge on any atom is -0.465 e. The first-order valence-corrected chi connectivity index (χ1v) is 5.15. The summed E-state index contributed by atoms with van der Waals surface area (Å²) in [6, 6.07) is 0. The summed E-state index contributed by atoms with van der Waals surface area (Å²) in [6.45, 7) is 0.631. The summed E-state index contributed by atoms with van der Waals surface area (Å²) >= 11 is 0. The molecule has 2 rings (SSSR count). The molecule has 5 heteroatoms. The number of piperidine rings is 1. The summed E-state index contributed by atoms with van der Waals surface area (Å²) < 4.78 is 0. The van der Waals surface area contributed by atoms with E-state index in [1.807, 2.05) is 17.3 Å². The van der Waals surface area contributed by atoms with Gasteiger partial charge in [0.15, 0.2) is 0 Å². The van der Waals surface area contributed by atoms with Gasteiger partial charge in [-0.3, -0.25) is 4.90 Å². The molecule has 15 heavy (non-hydrogen) atoms. The Balaban J connectivity index is 2.09. The van der Waals surface area contributed by atoms with Crippen molar-refractivity contribution in [3.8, 4) is 0 Å². The van der Waals surface area contributed by atoms with Crippen molar-refractivity contribution < 1.29 is 9.90 Å². The van der Waals surface area contributed by atoms with Gasteiger partial charge in [-0.15, -0.1) is 0 Å². The van der Waals surface area contributed by atoms with Crippen LogP contribution in [0.4, 0.5) is 4.79 Å². The largest absolute Gasteiger partial charge is 0.465 e. The topological polar surface area (TPSA) is 55.8 Å². The molecule has 0 aromatic heterocycles. The van der Waals surface area contributed by atoms with Crippen LogP contribution in [0.1, 0.15) is 19.3 Å². The minimum atomic E-state index is -0.833. The molecule has 0 aliphatic carbocycles. The maximum absolute atomic E-state index is 11.0. The van der Waals surface area contributed by atoms with E-state index in [1.165, 1.54) is 4.90 Å². The number of hydrogen-bond acceptors (Lipinski definition) is 3. The van der Waals surface area contributed by atoms with Gasteiger partial charge in [-0.25, -0.2) is 4.79 Å². The molecule has 0 radical (unpaired) electrons. The lowest BCUT2D eigenvalue weighted by atomic mass is 10.1. The zero-order chi connectivity index (χ0) is 10.7. The standard InChI is InChI=1S/C10H15N3O2/c14-10(15)13-6-2-1-3-9(13)12-7-4-11-5-8-12/h4-5,7-9,11H,1-3,6H2,(H,14,15). The fourth-order valence-corrected chi connectivity index (χ4v) is 2.01. The average molecular weight is 209 g/mol. The summed E-state index contributed by atoms with van der Waals surface area (Å²) in [4.78, 5) is 14.5.